The van der Waals surface area contributed by atoms with Crippen molar-refractivity contribution >= 4 is 17.8 Å². The van der Waals surface area contributed by atoms with E-state index in [0.29, 0.717) is 5.57 Å². The molecule has 0 bridgehead atoms. The number of nitroso groups, excluding NO2 is 1. The van der Waals surface area contributed by atoms with E-state index < -0.39 is 17.5 Å². The van der Waals surface area contributed by atoms with E-state index in [4.69, 9.17) is 16.8 Å². The fourth-order valence-electron chi connectivity index (χ4n) is 4.39. The Morgan fingerprint density at radius 1 is 1.18 bits per heavy atom. The number of nitrogens with zero attached hydrogens (tertiary/aromatic N) is 10. The molecule has 0 radical (unpaired) electrons. The van der Waals surface area contributed by atoms with Crippen LogP contribution < -0.4 is 11.2 Å². The van der Waals surface area contributed by atoms with Crippen molar-refractivity contribution < 1.29 is 10.0 Å². The van der Waals surface area contributed by atoms with Crippen molar-refractivity contribution in [2.45, 2.75) is 63.5 Å². The van der Waals surface area contributed by atoms with Gasteiger partial charge >= 0.3 is 0 Å². The number of aromatic nitrogens is 1. The number of allylic oxidation sites excluding steroid dienone is 1. The van der Waals surface area contributed by atoms with Crippen LogP contribution >= 0.6 is 0 Å². The Morgan fingerprint density at radius 2 is 1.82 bits per heavy atom. The fraction of sp³-hybridized carbons (Fsp3) is 0.520. The van der Waals surface area contributed by atoms with Gasteiger partial charge in [-0.05, 0) is 66.6 Å². The SMILES string of the molecule is CCC(CC)(CC)c1cccc(C(=O)N=C2C=C(C=NCCC(CN=[N+]=[N-])(CN=[N+]=[N-])N=O)C(N)C=C2NO)n1. The highest BCUT2D eigenvalue weighted by molar-refractivity contribution is 6.17. The molecule has 1 aliphatic rings. The molecule has 1 aromatic heterocycles. The number of pyridine rings is 1. The maximum Gasteiger partial charge on any atom is 0.296 e. The second kappa shape index (κ2) is 15.2. The number of amides is 1. The summed E-state index contributed by atoms with van der Waals surface area (Å²) < 4.78 is 0. The Labute approximate surface area is 231 Å². The summed E-state index contributed by atoms with van der Waals surface area (Å²) in [4.78, 5) is 42.9. The Hall–Kier alpha value is -4.42. The molecular weight excluding hydrogens is 516 g/mol. The van der Waals surface area contributed by atoms with E-state index in [1.165, 1.54) is 18.4 Å². The molecule has 1 aromatic rings. The van der Waals surface area contributed by atoms with Gasteiger partial charge in [-0.25, -0.2) is 9.98 Å². The highest BCUT2D eigenvalue weighted by Gasteiger charge is 2.30. The normalized spacial score (nSPS) is 17.7. The minimum absolute atomic E-state index is 0.0447. The van der Waals surface area contributed by atoms with E-state index in [2.05, 4.69) is 61.0 Å². The number of carbonyl (C=O) groups excluding carboxylic acids is 1. The zero-order chi connectivity index (χ0) is 29.6. The number of carbonyl (C=O) groups is 1. The molecule has 0 aromatic carbocycles. The van der Waals surface area contributed by atoms with E-state index >= 15 is 0 Å². The van der Waals surface area contributed by atoms with Gasteiger partial charge in [-0.1, -0.05) is 42.2 Å². The molecule has 4 N–H and O–H groups in total. The zero-order valence-electron chi connectivity index (χ0n) is 22.8. The van der Waals surface area contributed by atoms with Crippen LogP contribution in [0.5, 0.6) is 0 Å². The van der Waals surface area contributed by atoms with Gasteiger partial charge in [0.15, 0.2) is 0 Å². The highest BCUT2D eigenvalue weighted by Crippen LogP contribution is 2.33. The van der Waals surface area contributed by atoms with Gasteiger partial charge in [-0.15, -0.1) is 0 Å². The van der Waals surface area contributed by atoms with Gasteiger partial charge < -0.3 is 5.73 Å². The number of nitrogens with two attached hydrogens (primary N) is 1. The molecule has 1 unspecified atom stereocenters. The number of rotatable bonds is 15. The molecule has 1 heterocycles. The van der Waals surface area contributed by atoms with Gasteiger partial charge in [0.2, 0.25) is 0 Å². The zero-order valence-corrected chi connectivity index (χ0v) is 22.8. The third-order valence-corrected chi connectivity index (χ3v) is 7.19. The largest absolute Gasteiger partial charge is 0.321 e. The number of aliphatic imine (C=N–C) groups is 2. The first-order valence-electron chi connectivity index (χ1n) is 12.8. The van der Waals surface area contributed by atoms with Crippen LogP contribution in [0.15, 0.2) is 67.0 Å². The van der Waals surface area contributed by atoms with Crippen molar-refractivity contribution in [3.63, 3.8) is 0 Å². The minimum atomic E-state index is -1.43. The van der Waals surface area contributed by atoms with Gasteiger partial charge in [-0.2, -0.15) is 4.91 Å². The summed E-state index contributed by atoms with van der Waals surface area (Å²) >= 11 is 0. The standard InChI is InChI=1S/C25H34N12O3/c1-4-24(5-2,6-3)22-9-7-8-19(32-22)23(38)33-20-12-17(18(26)13-21(20)34-39)14-29-11-10-25(35-40,15-30-36-27)16-31-37-28/h7-9,12-14,18,34,39H,4-6,10-11,15-16,26H2,1-3H3. The average molecular weight is 551 g/mol. The smallest absolute Gasteiger partial charge is 0.296 e. The Kier molecular flexibility index (Phi) is 12.1. The van der Waals surface area contributed by atoms with Gasteiger partial charge in [-0.3, -0.25) is 20.5 Å². The van der Waals surface area contributed by atoms with Crippen molar-refractivity contribution in [3.8, 4) is 0 Å². The number of hydroxylamine groups is 1. The predicted molar refractivity (Wildman–Crippen MR) is 152 cm³/mol. The molecule has 0 aliphatic heterocycles. The molecule has 0 saturated heterocycles. The summed E-state index contributed by atoms with van der Waals surface area (Å²) in [5, 5.41) is 19.4. The van der Waals surface area contributed by atoms with Crippen molar-refractivity contribution in [2.75, 3.05) is 19.6 Å². The lowest BCUT2D eigenvalue weighted by Gasteiger charge is -2.30. The summed E-state index contributed by atoms with van der Waals surface area (Å²) in [5.74, 6) is -0.587. The van der Waals surface area contributed by atoms with Crippen LogP contribution in [0.25, 0.3) is 20.9 Å². The Morgan fingerprint density at radius 3 is 2.38 bits per heavy atom. The lowest BCUT2D eigenvalue weighted by molar-refractivity contribution is 0.0997. The summed E-state index contributed by atoms with van der Waals surface area (Å²) in [7, 11) is 0. The van der Waals surface area contributed by atoms with Gasteiger partial charge in [0.05, 0.1) is 30.5 Å². The summed E-state index contributed by atoms with van der Waals surface area (Å²) in [6.07, 6.45) is 7.12. The molecule has 2 rings (SSSR count). The van der Waals surface area contributed by atoms with Gasteiger partial charge in [0.1, 0.15) is 11.2 Å². The van der Waals surface area contributed by atoms with Crippen molar-refractivity contribution in [1.29, 1.82) is 0 Å². The number of nitrogens with one attached hydrogen (secondary N) is 1. The topological polar surface area (TPSA) is 240 Å². The molecule has 1 aliphatic carbocycles. The van der Waals surface area contributed by atoms with E-state index in [1.54, 1.807) is 12.1 Å². The van der Waals surface area contributed by atoms with Crippen LogP contribution in [0.1, 0.15) is 62.6 Å². The van der Waals surface area contributed by atoms with Crippen molar-refractivity contribution in [3.05, 3.63) is 78.8 Å². The van der Waals surface area contributed by atoms with Crippen LogP contribution in [0.4, 0.5) is 0 Å². The van der Waals surface area contributed by atoms with Gasteiger partial charge in [0.25, 0.3) is 5.91 Å². The molecule has 1 amide bonds. The summed E-state index contributed by atoms with van der Waals surface area (Å²) in [6, 6.07) is 4.62. The van der Waals surface area contributed by atoms with E-state index in [1.807, 2.05) is 11.5 Å². The van der Waals surface area contributed by atoms with Crippen LogP contribution in [-0.4, -0.2) is 59.2 Å². The molecular formula is C25H34N12O3. The first-order chi connectivity index (χ1) is 19.3. The molecule has 0 fully saturated rings. The number of hydrogen-bond donors (Lipinski definition) is 3. The number of azide groups is 2. The lowest BCUT2D eigenvalue weighted by atomic mass is 9.76. The van der Waals surface area contributed by atoms with Gasteiger partial charge in [0, 0.05) is 33.7 Å². The van der Waals surface area contributed by atoms with Crippen LogP contribution in [0, 0.1) is 4.91 Å². The highest BCUT2D eigenvalue weighted by atomic mass is 16.5. The molecule has 15 heteroatoms. The maximum atomic E-state index is 13.1. The molecule has 0 spiro atoms. The molecule has 212 valence electrons. The Balaban J connectivity index is 2.31. The third-order valence-electron chi connectivity index (χ3n) is 7.19. The number of hydrogen-bond acceptors (Lipinski definition) is 10. The molecule has 40 heavy (non-hydrogen) atoms. The van der Waals surface area contributed by atoms with E-state index in [9.17, 15) is 14.9 Å². The lowest BCUT2D eigenvalue weighted by Crippen LogP contribution is -2.34. The van der Waals surface area contributed by atoms with E-state index in [-0.39, 0.29) is 48.6 Å². The first kappa shape index (κ1) is 31.8. The second-order valence-corrected chi connectivity index (χ2v) is 9.29. The Bertz CT molecular complexity index is 1260. The van der Waals surface area contributed by atoms with Crippen LogP contribution in [0.2, 0.25) is 0 Å². The van der Waals surface area contributed by atoms with E-state index in [0.717, 1.165) is 25.0 Å². The van der Waals surface area contributed by atoms with Crippen molar-refractivity contribution in [1.82, 2.24) is 10.5 Å². The second-order valence-electron chi connectivity index (χ2n) is 9.29. The minimum Gasteiger partial charge on any atom is -0.321 e. The average Bonchev–Trinajstić information content (AvgIpc) is 2.99. The third kappa shape index (κ3) is 7.80. The first-order valence-corrected chi connectivity index (χ1v) is 12.8. The summed E-state index contributed by atoms with van der Waals surface area (Å²) in [6.45, 7) is 5.79. The molecule has 1 atom stereocenters. The van der Waals surface area contributed by atoms with Crippen LogP contribution in [0.3, 0.4) is 0 Å². The monoisotopic (exact) mass is 550 g/mol. The van der Waals surface area contributed by atoms with Crippen molar-refractivity contribution in [2.24, 2.45) is 31.1 Å². The maximum absolute atomic E-state index is 13.1. The molecule has 15 nitrogen and oxygen atoms in total. The molecule has 0 saturated carbocycles. The predicted octanol–water partition coefficient (Wildman–Crippen LogP) is 4.85. The quantitative estimate of drug-likeness (QED) is 0.0687. The van der Waals surface area contributed by atoms with Crippen LogP contribution in [-0.2, 0) is 5.41 Å². The summed E-state index contributed by atoms with van der Waals surface area (Å²) in [5.41, 5.74) is 25.6. The fourth-order valence-corrected chi connectivity index (χ4v) is 4.39.